The Morgan fingerprint density at radius 1 is 0.885 bits per heavy atom. The first-order chi connectivity index (χ1) is 12.3. The average Bonchev–Trinajstić information content (AvgIpc) is 2.69. The SMILES string of the molecule is COc1ccc(CCCN(Cc2ccccc2)C2CCCCC2)cc1.Cl. The van der Waals surface area contributed by atoms with Crippen molar-refractivity contribution in [2.24, 2.45) is 0 Å². The standard InChI is InChI=1S/C23H31NO.ClH/c1-25-23-16-14-20(15-17-23)11-8-18-24(22-12-6-3-7-13-22)19-21-9-4-2-5-10-21;/h2,4-5,9-10,14-17,22H,3,6-8,11-13,18-19H2,1H3;1H. The Balaban J connectivity index is 0.00000243. The van der Waals surface area contributed by atoms with Crippen LogP contribution in [0.2, 0.25) is 0 Å². The number of hydrogen-bond acceptors (Lipinski definition) is 2. The van der Waals surface area contributed by atoms with Gasteiger partial charge < -0.3 is 4.74 Å². The lowest BCUT2D eigenvalue weighted by atomic mass is 9.93. The van der Waals surface area contributed by atoms with Gasteiger partial charge in [-0.25, -0.2) is 0 Å². The van der Waals surface area contributed by atoms with Gasteiger partial charge in [0.1, 0.15) is 5.75 Å². The molecule has 0 aliphatic heterocycles. The smallest absolute Gasteiger partial charge is 0.118 e. The van der Waals surface area contributed by atoms with Crippen molar-refractivity contribution in [3.05, 3.63) is 65.7 Å². The molecule has 0 bridgehead atoms. The van der Waals surface area contributed by atoms with Crippen LogP contribution in [-0.2, 0) is 13.0 Å². The molecule has 3 heteroatoms. The third kappa shape index (κ3) is 6.34. The van der Waals surface area contributed by atoms with E-state index in [1.807, 2.05) is 0 Å². The monoisotopic (exact) mass is 373 g/mol. The minimum atomic E-state index is 0. The zero-order valence-electron chi connectivity index (χ0n) is 15.9. The predicted molar refractivity (Wildman–Crippen MR) is 112 cm³/mol. The van der Waals surface area contributed by atoms with Crippen LogP contribution in [0.15, 0.2) is 54.6 Å². The molecule has 2 aromatic carbocycles. The Morgan fingerprint density at radius 3 is 2.23 bits per heavy atom. The highest BCUT2D eigenvalue weighted by Gasteiger charge is 2.20. The van der Waals surface area contributed by atoms with Gasteiger partial charge in [-0.15, -0.1) is 12.4 Å². The summed E-state index contributed by atoms with van der Waals surface area (Å²) in [5.74, 6) is 0.941. The van der Waals surface area contributed by atoms with Crippen molar-refractivity contribution in [2.75, 3.05) is 13.7 Å². The Morgan fingerprint density at radius 2 is 1.58 bits per heavy atom. The lowest BCUT2D eigenvalue weighted by Gasteiger charge is -2.34. The first-order valence-corrected chi connectivity index (χ1v) is 9.76. The van der Waals surface area contributed by atoms with Crippen molar-refractivity contribution < 1.29 is 4.74 Å². The number of ether oxygens (including phenoxy) is 1. The van der Waals surface area contributed by atoms with E-state index >= 15 is 0 Å². The Hall–Kier alpha value is -1.51. The minimum Gasteiger partial charge on any atom is -0.497 e. The Labute approximate surface area is 165 Å². The van der Waals surface area contributed by atoms with E-state index in [0.717, 1.165) is 24.8 Å². The molecule has 0 heterocycles. The number of methoxy groups -OCH3 is 1. The van der Waals surface area contributed by atoms with Gasteiger partial charge >= 0.3 is 0 Å². The predicted octanol–water partition coefficient (Wildman–Crippen LogP) is 5.88. The number of hydrogen-bond donors (Lipinski definition) is 0. The van der Waals surface area contributed by atoms with Gasteiger partial charge in [0, 0.05) is 12.6 Å². The fourth-order valence-corrected chi connectivity index (χ4v) is 3.93. The van der Waals surface area contributed by atoms with E-state index in [2.05, 4.69) is 59.5 Å². The fourth-order valence-electron chi connectivity index (χ4n) is 3.93. The van der Waals surface area contributed by atoms with Gasteiger partial charge in [-0.05, 0) is 55.5 Å². The van der Waals surface area contributed by atoms with Crippen LogP contribution in [0, 0.1) is 0 Å². The maximum Gasteiger partial charge on any atom is 0.118 e. The van der Waals surface area contributed by atoms with Crippen molar-refractivity contribution in [2.45, 2.75) is 57.5 Å². The summed E-state index contributed by atoms with van der Waals surface area (Å²) < 4.78 is 5.25. The molecule has 0 spiro atoms. The number of rotatable bonds is 8. The zero-order chi connectivity index (χ0) is 17.3. The van der Waals surface area contributed by atoms with Crippen LogP contribution in [0.3, 0.4) is 0 Å². The third-order valence-electron chi connectivity index (χ3n) is 5.39. The van der Waals surface area contributed by atoms with E-state index in [4.69, 9.17) is 4.74 Å². The molecule has 142 valence electrons. The molecule has 0 atom stereocenters. The summed E-state index contributed by atoms with van der Waals surface area (Å²) in [7, 11) is 1.72. The van der Waals surface area contributed by atoms with E-state index < -0.39 is 0 Å². The molecule has 0 saturated heterocycles. The summed E-state index contributed by atoms with van der Waals surface area (Å²) in [6.07, 6.45) is 9.31. The van der Waals surface area contributed by atoms with Crippen LogP contribution in [0.4, 0.5) is 0 Å². The highest BCUT2D eigenvalue weighted by molar-refractivity contribution is 5.85. The number of aryl methyl sites for hydroxylation is 1. The second kappa shape index (κ2) is 11.3. The molecule has 0 N–H and O–H groups in total. The molecule has 3 rings (SSSR count). The molecule has 1 saturated carbocycles. The van der Waals surface area contributed by atoms with Crippen LogP contribution in [0.1, 0.15) is 49.7 Å². The highest BCUT2D eigenvalue weighted by atomic mass is 35.5. The van der Waals surface area contributed by atoms with E-state index in [1.54, 1.807) is 7.11 Å². The van der Waals surface area contributed by atoms with Gasteiger partial charge in [0.05, 0.1) is 7.11 Å². The highest BCUT2D eigenvalue weighted by Crippen LogP contribution is 2.24. The van der Waals surface area contributed by atoms with E-state index in [1.165, 1.54) is 56.2 Å². The molecule has 1 aliphatic carbocycles. The fraction of sp³-hybridized carbons (Fsp3) is 0.478. The molecule has 0 unspecified atom stereocenters. The summed E-state index contributed by atoms with van der Waals surface area (Å²) in [6.45, 7) is 2.28. The van der Waals surface area contributed by atoms with Crippen LogP contribution in [-0.4, -0.2) is 24.6 Å². The van der Waals surface area contributed by atoms with E-state index in [0.29, 0.717) is 0 Å². The van der Waals surface area contributed by atoms with Crippen molar-refractivity contribution in [1.82, 2.24) is 4.90 Å². The van der Waals surface area contributed by atoms with E-state index in [9.17, 15) is 0 Å². The molecule has 0 aromatic heterocycles. The topological polar surface area (TPSA) is 12.5 Å². The van der Waals surface area contributed by atoms with E-state index in [-0.39, 0.29) is 12.4 Å². The summed E-state index contributed by atoms with van der Waals surface area (Å²) in [4.78, 5) is 2.73. The Kier molecular flexibility index (Phi) is 9.00. The van der Waals surface area contributed by atoms with Crippen LogP contribution in [0.25, 0.3) is 0 Å². The maximum atomic E-state index is 5.25. The van der Waals surface area contributed by atoms with Crippen LogP contribution >= 0.6 is 12.4 Å². The molecular weight excluding hydrogens is 342 g/mol. The second-order valence-corrected chi connectivity index (χ2v) is 7.20. The summed E-state index contributed by atoms with van der Waals surface area (Å²) in [5, 5.41) is 0. The number of benzene rings is 2. The summed E-state index contributed by atoms with van der Waals surface area (Å²) in [5.41, 5.74) is 2.85. The quantitative estimate of drug-likeness (QED) is 0.572. The van der Waals surface area contributed by atoms with Crippen molar-refractivity contribution >= 4 is 12.4 Å². The zero-order valence-corrected chi connectivity index (χ0v) is 16.7. The van der Waals surface area contributed by atoms with Crippen molar-refractivity contribution in [3.8, 4) is 5.75 Å². The lowest BCUT2D eigenvalue weighted by molar-refractivity contribution is 0.146. The largest absolute Gasteiger partial charge is 0.497 e. The van der Waals surface area contributed by atoms with Gasteiger partial charge in [-0.3, -0.25) is 4.90 Å². The van der Waals surface area contributed by atoms with Gasteiger partial charge in [0.25, 0.3) is 0 Å². The minimum absolute atomic E-state index is 0. The molecule has 0 amide bonds. The molecule has 2 aromatic rings. The van der Waals surface area contributed by atoms with Gasteiger partial charge in [0.2, 0.25) is 0 Å². The normalized spacial score (nSPS) is 14.8. The van der Waals surface area contributed by atoms with Crippen molar-refractivity contribution in [3.63, 3.8) is 0 Å². The molecule has 2 nitrogen and oxygen atoms in total. The first kappa shape index (κ1) is 20.8. The van der Waals surface area contributed by atoms with Gasteiger partial charge in [-0.1, -0.05) is 61.7 Å². The molecule has 26 heavy (non-hydrogen) atoms. The number of halogens is 1. The molecule has 1 fully saturated rings. The van der Waals surface area contributed by atoms with Crippen LogP contribution in [0.5, 0.6) is 5.75 Å². The summed E-state index contributed by atoms with van der Waals surface area (Å²) in [6, 6.07) is 20.2. The third-order valence-corrected chi connectivity index (χ3v) is 5.39. The average molecular weight is 374 g/mol. The first-order valence-electron chi connectivity index (χ1n) is 9.76. The van der Waals surface area contributed by atoms with Crippen molar-refractivity contribution in [1.29, 1.82) is 0 Å². The number of nitrogens with zero attached hydrogens (tertiary/aromatic N) is 1. The molecule has 0 radical (unpaired) electrons. The van der Waals surface area contributed by atoms with Crippen LogP contribution < -0.4 is 4.74 Å². The van der Waals surface area contributed by atoms with Gasteiger partial charge in [0.15, 0.2) is 0 Å². The molecule has 1 aliphatic rings. The lowest BCUT2D eigenvalue weighted by Crippen LogP contribution is -2.37. The summed E-state index contributed by atoms with van der Waals surface area (Å²) >= 11 is 0. The second-order valence-electron chi connectivity index (χ2n) is 7.20. The molecular formula is C23H32ClNO. The Bertz CT molecular complexity index is 608. The van der Waals surface area contributed by atoms with Gasteiger partial charge in [-0.2, -0.15) is 0 Å². The maximum absolute atomic E-state index is 5.25.